The highest BCUT2D eigenvalue weighted by atomic mass is 16.8. The third-order valence-electron chi connectivity index (χ3n) is 13.1. The molecule has 3 heterocycles. The molecular weight excluding hydrogens is 1060 g/mol. The van der Waals surface area contributed by atoms with Gasteiger partial charge in [-0.3, -0.25) is 19.2 Å². The van der Waals surface area contributed by atoms with E-state index in [1.54, 1.807) is 18.2 Å². The van der Waals surface area contributed by atoms with Crippen molar-refractivity contribution in [2.24, 2.45) is 5.73 Å². The molecule has 3 fully saturated rings. The van der Waals surface area contributed by atoms with Gasteiger partial charge in [-0.05, 0) is 55.1 Å². The molecule has 13 N–H and O–H groups in total. The predicted molar refractivity (Wildman–Crippen MR) is 276 cm³/mol. The van der Waals surface area contributed by atoms with Crippen molar-refractivity contribution >= 4 is 23.4 Å². The molecule has 3 saturated heterocycles. The summed E-state index contributed by atoms with van der Waals surface area (Å²) in [5, 5.41) is 99.5. The number of Topliss-reactive ketones (excluding diaryl/α,β-unsaturated/α-hetero) is 2. The lowest BCUT2D eigenvalue weighted by Gasteiger charge is -2.48. The molecule has 3 aliphatic heterocycles. The summed E-state index contributed by atoms with van der Waals surface area (Å²) in [6.07, 6.45) is -21.3. The first-order chi connectivity index (χ1) is 38.6. The summed E-state index contributed by atoms with van der Waals surface area (Å²) >= 11 is 0. The fraction of sp³-hybridized carbons (Fsp3) is 0.698. The van der Waals surface area contributed by atoms with Gasteiger partial charge in [0.2, 0.25) is 11.8 Å². The molecule has 2 amide bonds. The van der Waals surface area contributed by atoms with E-state index in [4.69, 9.17) is 57.8 Å². The fourth-order valence-electron chi connectivity index (χ4n) is 8.73. The van der Waals surface area contributed by atoms with Crippen LogP contribution in [0.4, 0.5) is 0 Å². The van der Waals surface area contributed by atoms with Gasteiger partial charge in [0.1, 0.15) is 85.5 Å². The predicted octanol–water partition coefficient (Wildman–Crippen LogP) is -3.43. The summed E-state index contributed by atoms with van der Waals surface area (Å²) in [7, 11) is 0. The van der Waals surface area contributed by atoms with Gasteiger partial charge in [-0.25, -0.2) is 0 Å². The Labute approximate surface area is 463 Å². The molecule has 3 aliphatic rings. The topological polar surface area (TPSA) is 402 Å². The van der Waals surface area contributed by atoms with E-state index in [1.807, 2.05) is 30.3 Å². The lowest BCUT2D eigenvalue weighted by molar-refractivity contribution is -0.376. The van der Waals surface area contributed by atoms with Crippen molar-refractivity contribution in [1.82, 2.24) is 10.6 Å². The van der Waals surface area contributed by atoms with Crippen molar-refractivity contribution < 1.29 is 117 Å². The number of nitrogens with one attached hydrogen (secondary N) is 2. The standard InChI is InChI=1S/C53H81N3O24/c1-31(60)56-42-45(66)49(79-53-48(69)50(44(65)39(28-58)77-53)80-52-47(68)46(67)43(64)38(27-57)76-52)40(29-59)78-51(42)74-18-5-16-55-41(63)14-19-71-21-23-73-25-24-72-22-20-70-17-4-8-35(61)30-75-36-12-10-32(11-13-36)33-6-2-7-34(26-33)37(62)9-3-15-54/h2,6-7,10-13,26,38-40,42-53,57-59,64-69H,3-5,8-9,14-25,27-30,54H2,1H3,(H,55,63)(H,56,60)/t38?,39?,40?,42?,43-,44-,45+,46-,47?,48?,49+,50-,51+,52+,53-/m0/s1. The van der Waals surface area contributed by atoms with Crippen molar-refractivity contribution in [2.75, 3.05) is 99.0 Å². The third kappa shape index (κ3) is 20.9. The normalized spacial score (nSPS) is 28.8. The van der Waals surface area contributed by atoms with Crippen molar-refractivity contribution in [2.45, 2.75) is 138 Å². The molecule has 0 spiro atoms. The number of hydrogen-bond donors (Lipinski definition) is 12. The van der Waals surface area contributed by atoms with E-state index in [2.05, 4.69) is 10.6 Å². The van der Waals surface area contributed by atoms with Crippen LogP contribution in [0.15, 0.2) is 48.5 Å². The molecular formula is C53H81N3O24. The minimum atomic E-state index is -1.97. The fourth-order valence-corrected chi connectivity index (χ4v) is 8.73. The maximum absolute atomic E-state index is 12.4. The molecule has 27 heteroatoms. The summed E-state index contributed by atoms with van der Waals surface area (Å²) in [5.74, 6) is -0.321. The Morgan fingerprint density at radius 3 is 1.81 bits per heavy atom. The van der Waals surface area contributed by atoms with Gasteiger partial charge >= 0.3 is 0 Å². The van der Waals surface area contributed by atoms with Gasteiger partial charge in [-0.2, -0.15) is 0 Å². The summed E-state index contributed by atoms with van der Waals surface area (Å²) in [6.45, 7) is 1.72. The van der Waals surface area contributed by atoms with Gasteiger partial charge < -0.3 is 114 Å². The van der Waals surface area contributed by atoms with E-state index in [-0.39, 0.29) is 69.9 Å². The van der Waals surface area contributed by atoms with E-state index in [9.17, 15) is 65.1 Å². The summed E-state index contributed by atoms with van der Waals surface area (Å²) in [5.41, 5.74) is 8.02. The molecule has 5 rings (SSSR count). The Balaban J connectivity index is 0.873. The second-order valence-electron chi connectivity index (χ2n) is 19.2. The summed E-state index contributed by atoms with van der Waals surface area (Å²) in [4.78, 5) is 49.4. The highest BCUT2D eigenvalue weighted by Crippen LogP contribution is 2.33. The molecule has 80 heavy (non-hydrogen) atoms. The van der Waals surface area contributed by atoms with Gasteiger partial charge in [0.15, 0.2) is 30.4 Å². The van der Waals surface area contributed by atoms with Gasteiger partial charge in [0.05, 0.1) is 72.7 Å². The van der Waals surface area contributed by atoms with Crippen molar-refractivity contribution in [3.63, 3.8) is 0 Å². The lowest BCUT2D eigenvalue weighted by Crippen LogP contribution is -2.68. The molecule has 0 aliphatic carbocycles. The summed E-state index contributed by atoms with van der Waals surface area (Å²) in [6, 6.07) is 13.5. The average molecular weight is 1140 g/mol. The smallest absolute Gasteiger partial charge is 0.222 e. The molecule has 27 nitrogen and oxygen atoms in total. The van der Waals surface area contributed by atoms with E-state index in [1.165, 1.54) is 6.92 Å². The molecule has 0 radical (unpaired) electrons. The second kappa shape index (κ2) is 35.7. The Morgan fingerprint density at radius 2 is 1.18 bits per heavy atom. The van der Waals surface area contributed by atoms with Crippen molar-refractivity contribution in [1.29, 1.82) is 0 Å². The van der Waals surface area contributed by atoms with Crippen LogP contribution in [-0.2, 0) is 61.8 Å². The van der Waals surface area contributed by atoms with Gasteiger partial charge in [-0.1, -0.05) is 30.3 Å². The number of carbonyl (C=O) groups is 4. The van der Waals surface area contributed by atoms with Crippen LogP contribution in [0.1, 0.15) is 55.8 Å². The Morgan fingerprint density at radius 1 is 0.575 bits per heavy atom. The SMILES string of the molecule is CC(=O)NC1[C@H](OCCCNC(=O)CCOCCOCCOCCOCCCC(=O)COc2ccc(-c3cccc(C(=O)CCCN)c3)cc2)OC(CO)[C@@H](O[C@@H]2OC(CO)[C@H](O)[C@H](O[C@H]3OC(CO)[C@H](O)[C@H](O)C3O)C2O)[C@@H]1O. The number of nitrogens with two attached hydrogens (primary N) is 1. The van der Waals surface area contributed by atoms with Crippen LogP contribution in [0, 0.1) is 0 Å². The number of amides is 2. The molecule has 0 bridgehead atoms. The monoisotopic (exact) mass is 1140 g/mol. The first kappa shape index (κ1) is 66.5. The van der Waals surface area contributed by atoms with Crippen LogP contribution in [-0.4, -0.2) is 260 Å². The van der Waals surface area contributed by atoms with Crippen molar-refractivity contribution in [3.8, 4) is 16.9 Å². The number of carbonyl (C=O) groups excluding carboxylic acids is 4. The van der Waals surface area contributed by atoms with Gasteiger partial charge in [-0.15, -0.1) is 0 Å². The zero-order valence-electron chi connectivity index (χ0n) is 44.9. The quantitative estimate of drug-likeness (QED) is 0.0231. The average Bonchev–Trinajstić information content (AvgIpc) is 3.57. The number of ether oxygens (including phenoxy) is 11. The number of aliphatic hydroxyl groups excluding tert-OH is 9. The molecule has 0 aromatic heterocycles. The van der Waals surface area contributed by atoms with E-state index < -0.39 is 118 Å². The van der Waals surface area contributed by atoms with Crippen LogP contribution < -0.4 is 21.1 Å². The molecule has 15 atom stereocenters. The number of rotatable bonds is 37. The van der Waals surface area contributed by atoms with Crippen LogP contribution >= 0.6 is 0 Å². The summed E-state index contributed by atoms with van der Waals surface area (Å²) < 4.78 is 61.8. The first-order valence-corrected chi connectivity index (χ1v) is 26.8. The number of ketones is 2. The highest BCUT2D eigenvalue weighted by Gasteiger charge is 2.54. The van der Waals surface area contributed by atoms with Gasteiger partial charge in [0, 0.05) is 44.9 Å². The highest BCUT2D eigenvalue weighted by molar-refractivity contribution is 5.97. The van der Waals surface area contributed by atoms with Crippen LogP contribution in [0.5, 0.6) is 5.75 Å². The zero-order valence-corrected chi connectivity index (χ0v) is 44.9. The molecule has 452 valence electrons. The minimum Gasteiger partial charge on any atom is -0.486 e. The third-order valence-corrected chi connectivity index (χ3v) is 13.1. The van der Waals surface area contributed by atoms with Crippen molar-refractivity contribution in [3.05, 3.63) is 54.1 Å². The maximum atomic E-state index is 12.4. The molecule has 2 aromatic rings. The molecule has 6 unspecified atom stereocenters. The second-order valence-corrected chi connectivity index (χ2v) is 19.2. The molecule has 2 aromatic carbocycles. The zero-order chi connectivity index (χ0) is 58.0. The minimum absolute atomic E-state index is 0.0438. The van der Waals surface area contributed by atoms with Crippen LogP contribution in [0.2, 0.25) is 0 Å². The van der Waals surface area contributed by atoms with E-state index in [0.29, 0.717) is 76.6 Å². The van der Waals surface area contributed by atoms with Crippen LogP contribution in [0.3, 0.4) is 0 Å². The van der Waals surface area contributed by atoms with E-state index in [0.717, 1.165) is 11.1 Å². The van der Waals surface area contributed by atoms with Crippen LogP contribution in [0.25, 0.3) is 11.1 Å². The lowest BCUT2D eigenvalue weighted by atomic mass is 9.95. The molecule has 0 saturated carbocycles. The van der Waals surface area contributed by atoms with Gasteiger partial charge in [0.25, 0.3) is 0 Å². The number of aliphatic hydroxyl groups is 9. The largest absolute Gasteiger partial charge is 0.486 e. The Bertz CT molecular complexity index is 2130. The Kier molecular flexibility index (Phi) is 29.6. The van der Waals surface area contributed by atoms with E-state index >= 15 is 0 Å². The number of hydrogen-bond acceptors (Lipinski definition) is 25. The maximum Gasteiger partial charge on any atom is 0.222 e. The Hall–Kier alpha value is -4.28. The number of benzene rings is 2. The first-order valence-electron chi connectivity index (χ1n) is 26.8.